The van der Waals surface area contributed by atoms with Gasteiger partial charge in [0.15, 0.2) is 15.7 Å². The number of thiophene rings is 1. The molecule has 0 aliphatic rings. The normalized spacial score (nSPS) is 10.9. The number of nitrogens with one attached hydrogen (secondary N) is 2. The lowest BCUT2D eigenvalue weighted by Gasteiger charge is -2.01. The summed E-state index contributed by atoms with van der Waals surface area (Å²) in [6.45, 7) is 6.17. The number of aryl methyl sites for hydroxylation is 1. The van der Waals surface area contributed by atoms with E-state index in [9.17, 15) is 4.79 Å². The highest BCUT2D eigenvalue weighted by Gasteiger charge is 2.18. The van der Waals surface area contributed by atoms with E-state index in [0.29, 0.717) is 32.2 Å². The van der Waals surface area contributed by atoms with Gasteiger partial charge in [0, 0.05) is 16.4 Å². The Morgan fingerprint density at radius 2 is 2.07 bits per heavy atom. The largest absolute Gasteiger partial charge is 0.297 e. The average molecular weight is 474 g/mol. The molecular formula is C20H16ClN5OS3. The molecule has 0 spiro atoms. The minimum absolute atomic E-state index is 0.203. The molecule has 30 heavy (non-hydrogen) atoms. The Morgan fingerprint density at radius 1 is 1.30 bits per heavy atom. The highest BCUT2D eigenvalue weighted by atomic mass is 35.5. The number of carbonyl (C=O) groups excluding carboxylic acids is 1. The first kappa shape index (κ1) is 20.7. The average Bonchev–Trinajstić information content (AvgIpc) is 3.43. The maximum absolute atomic E-state index is 12.7. The third kappa shape index (κ3) is 4.15. The summed E-state index contributed by atoms with van der Waals surface area (Å²) in [5.74, 6) is 0.474. The number of aromatic nitrogens is 4. The minimum atomic E-state index is -0.203. The summed E-state index contributed by atoms with van der Waals surface area (Å²) >= 11 is 14.0. The van der Waals surface area contributed by atoms with Crippen molar-refractivity contribution in [2.45, 2.75) is 13.5 Å². The van der Waals surface area contributed by atoms with Crippen LogP contribution in [0.5, 0.6) is 0 Å². The van der Waals surface area contributed by atoms with E-state index in [0.717, 1.165) is 21.0 Å². The van der Waals surface area contributed by atoms with E-state index in [-0.39, 0.29) is 5.91 Å². The molecule has 1 aromatic carbocycles. The summed E-state index contributed by atoms with van der Waals surface area (Å²) in [5.41, 5.74) is 1.78. The molecule has 4 aromatic rings. The van der Waals surface area contributed by atoms with Gasteiger partial charge < -0.3 is 0 Å². The van der Waals surface area contributed by atoms with Gasteiger partial charge in [-0.3, -0.25) is 19.8 Å². The van der Waals surface area contributed by atoms with Crippen LogP contribution in [-0.4, -0.2) is 25.7 Å². The van der Waals surface area contributed by atoms with Crippen LogP contribution in [0, 0.1) is 11.7 Å². The zero-order valence-corrected chi connectivity index (χ0v) is 19.0. The van der Waals surface area contributed by atoms with E-state index < -0.39 is 0 Å². The van der Waals surface area contributed by atoms with E-state index in [4.69, 9.17) is 23.8 Å². The number of anilines is 1. The lowest BCUT2D eigenvalue weighted by Crippen LogP contribution is -2.09. The summed E-state index contributed by atoms with van der Waals surface area (Å²) in [7, 11) is 0. The standard InChI is InChI=1S/C20H16ClN5OS3/c1-3-10-26-17(24-25-20(26)28)16-11(2)22-19(30-16)23-18(27)15-9-8-14(29-15)12-4-6-13(21)7-5-12/h3-9H,1,10H2,2H3,(H,25,28)(H,22,23,27). The number of benzene rings is 1. The number of carbonyl (C=O) groups is 1. The number of aromatic amines is 1. The van der Waals surface area contributed by atoms with Crippen molar-refractivity contribution in [2.24, 2.45) is 0 Å². The van der Waals surface area contributed by atoms with Crippen molar-refractivity contribution >= 4 is 57.5 Å². The Morgan fingerprint density at radius 3 is 2.80 bits per heavy atom. The molecule has 4 rings (SSSR count). The Bertz CT molecular complexity index is 1280. The van der Waals surface area contributed by atoms with Gasteiger partial charge in [0.25, 0.3) is 5.91 Å². The molecule has 1 amide bonds. The number of hydrogen-bond acceptors (Lipinski definition) is 6. The van der Waals surface area contributed by atoms with Crippen LogP contribution >= 0.6 is 46.5 Å². The number of nitrogens with zero attached hydrogens (tertiary/aromatic N) is 3. The predicted molar refractivity (Wildman–Crippen MR) is 126 cm³/mol. The van der Waals surface area contributed by atoms with Gasteiger partial charge in [-0.2, -0.15) is 5.10 Å². The zero-order chi connectivity index (χ0) is 21.3. The van der Waals surface area contributed by atoms with Crippen LogP contribution in [0.4, 0.5) is 5.13 Å². The maximum atomic E-state index is 12.7. The fourth-order valence-electron chi connectivity index (χ4n) is 2.83. The van der Waals surface area contributed by atoms with Gasteiger partial charge in [-0.1, -0.05) is 41.1 Å². The molecule has 0 saturated carbocycles. The van der Waals surface area contributed by atoms with Crippen molar-refractivity contribution in [1.29, 1.82) is 0 Å². The van der Waals surface area contributed by atoms with Crippen LogP contribution < -0.4 is 5.32 Å². The molecule has 10 heteroatoms. The summed E-state index contributed by atoms with van der Waals surface area (Å²) in [6, 6.07) is 11.3. The molecule has 6 nitrogen and oxygen atoms in total. The number of hydrogen-bond donors (Lipinski definition) is 2. The van der Waals surface area contributed by atoms with Gasteiger partial charge in [0.05, 0.1) is 15.4 Å². The van der Waals surface area contributed by atoms with Crippen molar-refractivity contribution in [3.05, 3.63) is 69.4 Å². The number of allylic oxidation sites excluding steroid dienone is 1. The molecule has 0 bridgehead atoms. The van der Waals surface area contributed by atoms with Crippen molar-refractivity contribution in [3.8, 4) is 21.1 Å². The first-order valence-electron chi connectivity index (χ1n) is 8.87. The van der Waals surface area contributed by atoms with E-state index >= 15 is 0 Å². The SMILES string of the molecule is C=CCn1c(-c2sc(NC(=O)c3ccc(-c4ccc(Cl)cc4)s3)nc2C)n[nH]c1=S. The lowest BCUT2D eigenvalue weighted by atomic mass is 10.2. The second-order valence-corrected chi connectivity index (χ2v) is 9.22. The predicted octanol–water partition coefficient (Wildman–Crippen LogP) is 6.19. The Hall–Kier alpha value is -2.59. The molecule has 2 N–H and O–H groups in total. The van der Waals surface area contributed by atoms with E-state index in [1.807, 2.05) is 41.8 Å². The van der Waals surface area contributed by atoms with Crippen LogP contribution in [0.3, 0.4) is 0 Å². The fraction of sp³-hybridized carbons (Fsp3) is 0.100. The van der Waals surface area contributed by atoms with Crippen LogP contribution in [0.15, 0.2) is 49.1 Å². The van der Waals surface area contributed by atoms with Crippen LogP contribution in [0.25, 0.3) is 21.1 Å². The highest BCUT2D eigenvalue weighted by molar-refractivity contribution is 7.71. The van der Waals surface area contributed by atoms with Gasteiger partial charge in [-0.25, -0.2) is 4.98 Å². The summed E-state index contributed by atoms with van der Waals surface area (Å²) < 4.78 is 2.35. The quantitative estimate of drug-likeness (QED) is 0.258. The molecule has 0 saturated heterocycles. The Balaban J connectivity index is 1.55. The van der Waals surface area contributed by atoms with Gasteiger partial charge in [0.2, 0.25) is 0 Å². The van der Waals surface area contributed by atoms with Gasteiger partial charge in [0.1, 0.15) is 0 Å². The molecular weight excluding hydrogens is 458 g/mol. The minimum Gasteiger partial charge on any atom is -0.297 e. The second-order valence-electron chi connectivity index (χ2n) is 6.31. The first-order valence-corrected chi connectivity index (χ1v) is 11.3. The third-order valence-corrected chi connectivity index (χ3v) is 7.01. The summed E-state index contributed by atoms with van der Waals surface area (Å²) in [6.07, 6.45) is 1.75. The van der Waals surface area contributed by atoms with E-state index in [1.54, 1.807) is 12.1 Å². The number of amides is 1. The number of rotatable bonds is 6. The molecule has 0 aliphatic heterocycles. The van der Waals surface area contributed by atoms with Gasteiger partial charge in [-0.05, 0) is 49.0 Å². The molecule has 0 fully saturated rings. The molecule has 3 aromatic heterocycles. The monoisotopic (exact) mass is 473 g/mol. The van der Waals surface area contributed by atoms with Crippen molar-refractivity contribution < 1.29 is 4.79 Å². The second kappa shape index (κ2) is 8.65. The summed E-state index contributed by atoms with van der Waals surface area (Å²) in [4.78, 5) is 19.7. The number of H-pyrrole nitrogens is 1. The molecule has 0 unspecified atom stereocenters. The topological polar surface area (TPSA) is 75.6 Å². The van der Waals surface area contributed by atoms with E-state index in [2.05, 4.69) is 27.1 Å². The van der Waals surface area contributed by atoms with Crippen molar-refractivity contribution in [1.82, 2.24) is 19.7 Å². The zero-order valence-electron chi connectivity index (χ0n) is 15.8. The first-order chi connectivity index (χ1) is 14.5. The van der Waals surface area contributed by atoms with Crippen molar-refractivity contribution in [3.63, 3.8) is 0 Å². The molecule has 0 radical (unpaired) electrons. The molecule has 152 valence electrons. The van der Waals surface area contributed by atoms with Gasteiger partial charge >= 0.3 is 0 Å². The van der Waals surface area contributed by atoms with Gasteiger partial charge in [-0.15, -0.1) is 17.9 Å². The number of thiazole rings is 1. The lowest BCUT2D eigenvalue weighted by molar-refractivity contribution is 0.103. The molecule has 0 atom stereocenters. The van der Waals surface area contributed by atoms with E-state index in [1.165, 1.54) is 22.7 Å². The smallest absolute Gasteiger partial charge is 0.267 e. The fourth-order valence-corrected chi connectivity index (χ4v) is 5.03. The maximum Gasteiger partial charge on any atom is 0.267 e. The van der Waals surface area contributed by atoms with Crippen molar-refractivity contribution in [2.75, 3.05) is 5.32 Å². The highest BCUT2D eigenvalue weighted by Crippen LogP contribution is 2.33. The van der Waals surface area contributed by atoms with Crippen LogP contribution in [0.1, 0.15) is 15.4 Å². The third-order valence-electron chi connectivity index (χ3n) is 4.25. The number of halogens is 1. The van der Waals surface area contributed by atoms with Crippen LogP contribution in [0.2, 0.25) is 5.02 Å². The Labute approximate surface area is 190 Å². The molecule has 0 aliphatic carbocycles. The Kier molecular flexibility index (Phi) is 5.96. The summed E-state index contributed by atoms with van der Waals surface area (Å²) in [5, 5.41) is 11.2. The molecule has 3 heterocycles. The van der Waals surface area contributed by atoms with Crippen LogP contribution in [-0.2, 0) is 6.54 Å².